The average Bonchev–Trinajstić information content (AvgIpc) is 2.92. The molecule has 3 rings (SSSR count). The van der Waals surface area contributed by atoms with Gasteiger partial charge in [0.25, 0.3) is 0 Å². The summed E-state index contributed by atoms with van der Waals surface area (Å²) in [6.45, 7) is 0. The monoisotopic (exact) mass is 264 g/mol. The van der Waals surface area contributed by atoms with Crippen LogP contribution in [0, 0.1) is 17.8 Å². The lowest BCUT2D eigenvalue weighted by Gasteiger charge is -2.27. The molecule has 0 spiro atoms. The molecule has 1 amide bonds. The molecule has 3 nitrogen and oxygen atoms in total. The Kier molecular flexibility index (Phi) is 3.04. The first-order valence-electron chi connectivity index (χ1n) is 6.48. The van der Waals surface area contributed by atoms with Crippen molar-refractivity contribution in [3.63, 3.8) is 0 Å². The van der Waals surface area contributed by atoms with Crippen molar-refractivity contribution in [2.75, 3.05) is 5.32 Å². The lowest BCUT2D eigenvalue weighted by atomic mass is 9.84. The summed E-state index contributed by atoms with van der Waals surface area (Å²) in [5.74, 6) is 0.993. The van der Waals surface area contributed by atoms with Crippen LogP contribution in [0.3, 0.4) is 0 Å². The van der Waals surface area contributed by atoms with E-state index in [1.165, 1.54) is 6.42 Å². The maximum absolute atomic E-state index is 12.3. The van der Waals surface area contributed by atoms with E-state index >= 15 is 0 Å². The maximum atomic E-state index is 12.3. The number of hydrogen-bond acceptors (Lipinski definition) is 2. The van der Waals surface area contributed by atoms with Gasteiger partial charge in [-0.2, -0.15) is 0 Å². The van der Waals surface area contributed by atoms with Crippen molar-refractivity contribution in [1.29, 1.82) is 0 Å². The standard InChI is InChI=1S/C14H17ClN2O/c15-10-3-1-2-4-11(10)17-14(18)12-8-5-6-9(7-8)13(12)16/h1-4,8-9,12-13H,5-7,16H2,(H,17,18). The van der Waals surface area contributed by atoms with E-state index in [1.807, 2.05) is 18.2 Å². The molecule has 4 unspecified atom stereocenters. The molecule has 0 aliphatic heterocycles. The number of para-hydroxylation sites is 1. The van der Waals surface area contributed by atoms with Gasteiger partial charge >= 0.3 is 0 Å². The molecule has 3 N–H and O–H groups in total. The molecule has 2 bridgehead atoms. The minimum atomic E-state index is -0.0416. The number of rotatable bonds is 2. The van der Waals surface area contributed by atoms with Crippen molar-refractivity contribution in [2.24, 2.45) is 23.5 Å². The van der Waals surface area contributed by atoms with Crippen LogP contribution in [0.15, 0.2) is 24.3 Å². The quantitative estimate of drug-likeness (QED) is 0.863. The third kappa shape index (κ3) is 1.91. The molecule has 0 aromatic heterocycles. The molecule has 2 fully saturated rings. The van der Waals surface area contributed by atoms with Gasteiger partial charge in [-0.15, -0.1) is 0 Å². The predicted octanol–water partition coefficient (Wildman–Crippen LogP) is 2.65. The number of halogens is 1. The van der Waals surface area contributed by atoms with Crippen LogP contribution in [0.25, 0.3) is 0 Å². The van der Waals surface area contributed by atoms with Crippen molar-refractivity contribution in [3.05, 3.63) is 29.3 Å². The average molecular weight is 265 g/mol. The van der Waals surface area contributed by atoms with Crippen LogP contribution in [0.4, 0.5) is 5.69 Å². The second kappa shape index (κ2) is 4.56. The van der Waals surface area contributed by atoms with E-state index < -0.39 is 0 Å². The number of fused-ring (bicyclic) bond motifs is 2. The molecule has 0 radical (unpaired) electrons. The molecule has 2 aliphatic carbocycles. The van der Waals surface area contributed by atoms with Gasteiger partial charge in [0.05, 0.1) is 16.6 Å². The minimum absolute atomic E-state index is 0.0197. The molecular formula is C14H17ClN2O. The molecule has 2 saturated carbocycles. The number of benzene rings is 1. The Hall–Kier alpha value is -1.06. The zero-order valence-corrected chi connectivity index (χ0v) is 10.9. The second-order valence-corrected chi connectivity index (χ2v) is 5.81. The van der Waals surface area contributed by atoms with Crippen molar-refractivity contribution in [3.8, 4) is 0 Å². The van der Waals surface area contributed by atoms with Gasteiger partial charge in [0.2, 0.25) is 5.91 Å². The molecular weight excluding hydrogens is 248 g/mol. The zero-order chi connectivity index (χ0) is 12.7. The first kappa shape index (κ1) is 12.0. The molecule has 0 heterocycles. The SMILES string of the molecule is NC1C2CCC(C2)C1C(=O)Nc1ccccc1Cl. The fourth-order valence-electron chi connectivity index (χ4n) is 3.50. The van der Waals surface area contributed by atoms with Gasteiger partial charge in [-0.3, -0.25) is 4.79 Å². The predicted molar refractivity (Wildman–Crippen MR) is 72.4 cm³/mol. The van der Waals surface area contributed by atoms with Crippen molar-refractivity contribution < 1.29 is 4.79 Å². The van der Waals surface area contributed by atoms with E-state index in [9.17, 15) is 4.79 Å². The van der Waals surface area contributed by atoms with Gasteiger partial charge in [0, 0.05) is 6.04 Å². The van der Waals surface area contributed by atoms with Crippen LogP contribution < -0.4 is 11.1 Å². The number of hydrogen-bond donors (Lipinski definition) is 2. The number of anilines is 1. The van der Waals surface area contributed by atoms with E-state index in [2.05, 4.69) is 5.32 Å². The van der Waals surface area contributed by atoms with Gasteiger partial charge < -0.3 is 11.1 Å². The molecule has 0 saturated heterocycles. The minimum Gasteiger partial charge on any atom is -0.327 e. The third-order valence-corrected chi connectivity index (χ3v) is 4.74. The normalized spacial score (nSPS) is 33.7. The Morgan fingerprint density at radius 2 is 2.00 bits per heavy atom. The van der Waals surface area contributed by atoms with Crippen molar-refractivity contribution in [1.82, 2.24) is 0 Å². The van der Waals surface area contributed by atoms with E-state index in [0.29, 0.717) is 22.5 Å². The molecule has 4 heteroatoms. The van der Waals surface area contributed by atoms with E-state index in [-0.39, 0.29) is 17.9 Å². The van der Waals surface area contributed by atoms with E-state index in [4.69, 9.17) is 17.3 Å². The van der Waals surface area contributed by atoms with Crippen molar-refractivity contribution >= 4 is 23.2 Å². The fourth-order valence-corrected chi connectivity index (χ4v) is 3.69. The van der Waals surface area contributed by atoms with Crippen LogP contribution in [-0.4, -0.2) is 11.9 Å². The summed E-state index contributed by atoms with van der Waals surface area (Å²) >= 11 is 6.04. The lowest BCUT2D eigenvalue weighted by molar-refractivity contribution is -0.121. The highest BCUT2D eigenvalue weighted by Gasteiger charge is 2.49. The Morgan fingerprint density at radius 1 is 1.28 bits per heavy atom. The molecule has 1 aromatic rings. The maximum Gasteiger partial charge on any atom is 0.229 e. The summed E-state index contributed by atoms with van der Waals surface area (Å²) in [6.07, 6.45) is 3.43. The summed E-state index contributed by atoms with van der Waals surface area (Å²) < 4.78 is 0. The number of nitrogens with two attached hydrogens (primary N) is 1. The zero-order valence-electron chi connectivity index (χ0n) is 10.1. The highest BCUT2D eigenvalue weighted by molar-refractivity contribution is 6.33. The van der Waals surface area contributed by atoms with Crippen LogP contribution in [-0.2, 0) is 4.79 Å². The number of carbonyl (C=O) groups excluding carboxylic acids is 1. The van der Waals surface area contributed by atoms with Crippen LogP contribution >= 0.6 is 11.6 Å². The first-order valence-corrected chi connectivity index (χ1v) is 6.85. The molecule has 18 heavy (non-hydrogen) atoms. The summed E-state index contributed by atoms with van der Waals surface area (Å²) in [6, 6.07) is 7.33. The van der Waals surface area contributed by atoms with Crippen LogP contribution in [0.2, 0.25) is 5.02 Å². The fraction of sp³-hybridized carbons (Fsp3) is 0.500. The summed E-state index contributed by atoms with van der Waals surface area (Å²) in [4.78, 5) is 12.3. The summed E-state index contributed by atoms with van der Waals surface area (Å²) in [7, 11) is 0. The topological polar surface area (TPSA) is 55.1 Å². The van der Waals surface area contributed by atoms with Gasteiger partial charge in [-0.1, -0.05) is 23.7 Å². The number of amides is 1. The molecule has 96 valence electrons. The smallest absolute Gasteiger partial charge is 0.229 e. The van der Waals surface area contributed by atoms with E-state index in [1.54, 1.807) is 6.07 Å². The van der Waals surface area contributed by atoms with Crippen LogP contribution in [0.5, 0.6) is 0 Å². The second-order valence-electron chi connectivity index (χ2n) is 5.41. The van der Waals surface area contributed by atoms with Gasteiger partial charge in [0.1, 0.15) is 0 Å². The lowest BCUT2D eigenvalue weighted by Crippen LogP contribution is -2.42. The van der Waals surface area contributed by atoms with Gasteiger partial charge in [-0.25, -0.2) is 0 Å². The Bertz CT molecular complexity index is 475. The molecule has 4 atom stereocenters. The highest BCUT2D eigenvalue weighted by atomic mass is 35.5. The first-order chi connectivity index (χ1) is 8.66. The molecule has 1 aromatic carbocycles. The summed E-state index contributed by atoms with van der Waals surface area (Å²) in [5, 5.41) is 3.49. The molecule has 2 aliphatic rings. The van der Waals surface area contributed by atoms with Crippen LogP contribution in [0.1, 0.15) is 19.3 Å². The largest absolute Gasteiger partial charge is 0.327 e. The number of nitrogens with one attached hydrogen (secondary N) is 1. The number of carbonyl (C=O) groups is 1. The summed E-state index contributed by atoms with van der Waals surface area (Å²) in [5.41, 5.74) is 6.84. The highest BCUT2D eigenvalue weighted by Crippen LogP contribution is 2.48. The third-order valence-electron chi connectivity index (χ3n) is 4.42. The van der Waals surface area contributed by atoms with E-state index in [0.717, 1.165) is 12.8 Å². The Balaban J connectivity index is 1.74. The Morgan fingerprint density at radius 3 is 2.67 bits per heavy atom. The van der Waals surface area contributed by atoms with Gasteiger partial charge in [-0.05, 0) is 43.2 Å². The Labute approximate surface area is 112 Å². The van der Waals surface area contributed by atoms with Crippen molar-refractivity contribution in [2.45, 2.75) is 25.3 Å². The van der Waals surface area contributed by atoms with Gasteiger partial charge in [0.15, 0.2) is 0 Å².